The van der Waals surface area contributed by atoms with Gasteiger partial charge in [-0.25, -0.2) is 4.79 Å². The van der Waals surface area contributed by atoms with Crippen LogP contribution in [0.1, 0.15) is 29.5 Å². The van der Waals surface area contributed by atoms with Gasteiger partial charge in [0.05, 0.1) is 13.0 Å². The number of aryl methyl sites for hydroxylation is 1. The Morgan fingerprint density at radius 1 is 0.744 bits per heavy atom. The largest absolute Gasteiger partial charge is 0.493 e. The SMILES string of the molecule is O=C(O)C(F)(F)F.O=C(O)CCNCCCc1cccc(OCCc2ccc(OCc3ccccc3)cc2)c1. The molecule has 0 amide bonds. The summed E-state index contributed by atoms with van der Waals surface area (Å²) in [5.41, 5.74) is 3.59. The van der Waals surface area contributed by atoms with Crippen molar-refractivity contribution in [3.63, 3.8) is 0 Å². The number of ether oxygens (including phenoxy) is 2. The molecule has 210 valence electrons. The van der Waals surface area contributed by atoms with Crippen molar-refractivity contribution in [2.75, 3.05) is 19.7 Å². The maximum absolute atomic E-state index is 10.6. The Labute approximate surface area is 225 Å². The molecule has 0 fully saturated rings. The summed E-state index contributed by atoms with van der Waals surface area (Å²) in [6.45, 7) is 2.50. The van der Waals surface area contributed by atoms with Crippen LogP contribution in [0, 0.1) is 0 Å². The number of benzene rings is 3. The predicted molar refractivity (Wildman–Crippen MR) is 140 cm³/mol. The lowest BCUT2D eigenvalue weighted by molar-refractivity contribution is -0.192. The van der Waals surface area contributed by atoms with Crippen LogP contribution in [-0.2, 0) is 29.0 Å². The molecule has 3 rings (SSSR count). The minimum atomic E-state index is -5.08. The van der Waals surface area contributed by atoms with Gasteiger partial charge in [0, 0.05) is 13.0 Å². The lowest BCUT2D eigenvalue weighted by atomic mass is 10.1. The Morgan fingerprint density at radius 3 is 2.05 bits per heavy atom. The Hall–Kier alpha value is -4.05. The molecule has 3 aromatic rings. The third kappa shape index (κ3) is 13.9. The molecule has 0 heterocycles. The van der Waals surface area contributed by atoms with E-state index < -0.39 is 18.1 Å². The molecule has 0 unspecified atom stereocenters. The molecule has 0 aliphatic heterocycles. The van der Waals surface area contributed by atoms with E-state index in [0.717, 1.165) is 42.9 Å². The number of carboxylic acid groups (broad SMARTS) is 2. The van der Waals surface area contributed by atoms with Crippen molar-refractivity contribution in [3.05, 3.63) is 95.6 Å². The van der Waals surface area contributed by atoms with E-state index in [-0.39, 0.29) is 6.42 Å². The molecule has 0 bridgehead atoms. The summed E-state index contributed by atoms with van der Waals surface area (Å²) < 4.78 is 43.5. The lowest BCUT2D eigenvalue weighted by Crippen LogP contribution is -2.21. The van der Waals surface area contributed by atoms with Crippen LogP contribution in [0.15, 0.2) is 78.9 Å². The van der Waals surface area contributed by atoms with Crippen LogP contribution < -0.4 is 14.8 Å². The van der Waals surface area contributed by atoms with Gasteiger partial charge >= 0.3 is 18.1 Å². The maximum atomic E-state index is 10.6. The smallest absolute Gasteiger partial charge is 0.490 e. The summed E-state index contributed by atoms with van der Waals surface area (Å²) >= 11 is 0. The van der Waals surface area contributed by atoms with Crippen molar-refractivity contribution in [1.29, 1.82) is 0 Å². The Balaban J connectivity index is 0.000000673. The van der Waals surface area contributed by atoms with Crippen LogP contribution in [0.2, 0.25) is 0 Å². The van der Waals surface area contributed by atoms with Gasteiger partial charge in [-0.15, -0.1) is 0 Å². The van der Waals surface area contributed by atoms with Gasteiger partial charge in [-0.05, 0) is 60.3 Å². The highest BCUT2D eigenvalue weighted by atomic mass is 19.4. The highest BCUT2D eigenvalue weighted by Crippen LogP contribution is 2.17. The van der Waals surface area contributed by atoms with Gasteiger partial charge in [0.25, 0.3) is 0 Å². The second kappa shape index (κ2) is 16.7. The van der Waals surface area contributed by atoms with Crippen LogP contribution in [0.3, 0.4) is 0 Å². The number of hydrogen-bond acceptors (Lipinski definition) is 5. The quantitative estimate of drug-likeness (QED) is 0.228. The molecule has 0 radical (unpaired) electrons. The second-order valence-electron chi connectivity index (χ2n) is 8.46. The zero-order chi connectivity index (χ0) is 28.5. The first-order valence-corrected chi connectivity index (χ1v) is 12.3. The van der Waals surface area contributed by atoms with Crippen LogP contribution in [0.5, 0.6) is 11.5 Å². The van der Waals surface area contributed by atoms with Gasteiger partial charge in [0.15, 0.2) is 0 Å². The molecule has 10 heteroatoms. The van der Waals surface area contributed by atoms with Crippen molar-refractivity contribution < 1.29 is 42.4 Å². The minimum Gasteiger partial charge on any atom is -0.493 e. The van der Waals surface area contributed by atoms with E-state index >= 15 is 0 Å². The predicted octanol–water partition coefficient (Wildman–Crippen LogP) is 5.52. The van der Waals surface area contributed by atoms with Crippen LogP contribution in [0.25, 0.3) is 0 Å². The fourth-order valence-corrected chi connectivity index (χ4v) is 3.31. The fourth-order valence-electron chi connectivity index (χ4n) is 3.31. The van der Waals surface area contributed by atoms with E-state index in [0.29, 0.717) is 19.8 Å². The molecule has 0 saturated heterocycles. The number of carbonyl (C=O) groups is 2. The van der Waals surface area contributed by atoms with E-state index in [4.69, 9.17) is 24.5 Å². The number of halogens is 3. The van der Waals surface area contributed by atoms with Gasteiger partial charge < -0.3 is 25.0 Å². The van der Waals surface area contributed by atoms with Crippen molar-refractivity contribution >= 4 is 11.9 Å². The lowest BCUT2D eigenvalue weighted by Gasteiger charge is -2.10. The van der Waals surface area contributed by atoms with Crippen LogP contribution >= 0.6 is 0 Å². The van der Waals surface area contributed by atoms with Gasteiger partial charge in [0.1, 0.15) is 18.1 Å². The highest BCUT2D eigenvalue weighted by Gasteiger charge is 2.38. The number of nitrogens with one attached hydrogen (secondary N) is 1. The third-order valence-electron chi connectivity index (χ3n) is 5.31. The first kappa shape index (κ1) is 31.2. The Morgan fingerprint density at radius 2 is 1.41 bits per heavy atom. The molecule has 7 nitrogen and oxygen atoms in total. The number of rotatable bonds is 14. The Bertz CT molecular complexity index is 1140. The molecular formula is C29H32F3NO6. The van der Waals surface area contributed by atoms with E-state index in [1.807, 2.05) is 42.5 Å². The first-order chi connectivity index (χ1) is 18.6. The van der Waals surface area contributed by atoms with Gasteiger partial charge in [-0.3, -0.25) is 4.79 Å². The zero-order valence-corrected chi connectivity index (χ0v) is 21.3. The zero-order valence-electron chi connectivity index (χ0n) is 21.3. The fraction of sp³-hybridized carbons (Fsp3) is 0.310. The summed E-state index contributed by atoms with van der Waals surface area (Å²) in [4.78, 5) is 19.4. The second-order valence-corrected chi connectivity index (χ2v) is 8.46. The van der Waals surface area contributed by atoms with Crippen molar-refractivity contribution in [1.82, 2.24) is 5.32 Å². The van der Waals surface area contributed by atoms with Gasteiger partial charge in [-0.2, -0.15) is 13.2 Å². The average Bonchev–Trinajstić information content (AvgIpc) is 2.91. The normalized spacial score (nSPS) is 10.7. The summed E-state index contributed by atoms with van der Waals surface area (Å²) in [5, 5.41) is 18.9. The number of alkyl halides is 3. The molecule has 0 spiro atoms. The van der Waals surface area contributed by atoms with Crippen molar-refractivity contribution in [2.45, 2.75) is 38.5 Å². The highest BCUT2D eigenvalue weighted by molar-refractivity contribution is 5.73. The van der Waals surface area contributed by atoms with E-state index in [1.54, 1.807) is 0 Å². The monoisotopic (exact) mass is 547 g/mol. The van der Waals surface area contributed by atoms with Crippen LogP contribution in [0.4, 0.5) is 13.2 Å². The molecule has 0 aromatic heterocycles. The molecule has 3 aromatic carbocycles. The van der Waals surface area contributed by atoms with E-state index in [2.05, 4.69) is 41.7 Å². The number of aliphatic carboxylic acids is 2. The standard InChI is InChI=1S/C27H31NO4.C2HF3O2/c29-27(30)15-18-28-17-5-9-23-8-4-10-26(20-23)31-19-16-22-11-13-25(14-12-22)32-21-24-6-2-1-3-7-24;3-2(4,5)1(6)7/h1-4,6-8,10-14,20,28H,5,9,15-19,21H2,(H,29,30);(H,6,7). The number of carboxylic acids is 2. The summed E-state index contributed by atoms with van der Waals surface area (Å²) in [5.74, 6) is -1.78. The van der Waals surface area contributed by atoms with E-state index in [9.17, 15) is 18.0 Å². The average molecular weight is 548 g/mol. The molecule has 3 N–H and O–H groups in total. The maximum Gasteiger partial charge on any atom is 0.490 e. The minimum absolute atomic E-state index is 0.159. The molecule has 0 saturated carbocycles. The van der Waals surface area contributed by atoms with Crippen molar-refractivity contribution in [3.8, 4) is 11.5 Å². The molecular weight excluding hydrogens is 515 g/mol. The first-order valence-electron chi connectivity index (χ1n) is 12.3. The topological polar surface area (TPSA) is 105 Å². The molecule has 39 heavy (non-hydrogen) atoms. The third-order valence-corrected chi connectivity index (χ3v) is 5.31. The van der Waals surface area contributed by atoms with Crippen LogP contribution in [-0.4, -0.2) is 48.0 Å². The summed E-state index contributed by atoms with van der Waals surface area (Å²) in [6, 6.07) is 26.5. The Kier molecular flexibility index (Phi) is 13.4. The summed E-state index contributed by atoms with van der Waals surface area (Å²) in [6.07, 6.45) is -2.20. The molecule has 0 aliphatic carbocycles. The molecule has 0 aliphatic rings. The van der Waals surface area contributed by atoms with E-state index in [1.165, 1.54) is 11.1 Å². The molecule has 0 atom stereocenters. The van der Waals surface area contributed by atoms with Gasteiger partial charge in [-0.1, -0.05) is 54.6 Å². The number of hydrogen-bond donors (Lipinski definition) is 3. The van der Waals surface area contributed by atoms with Crippen molar-refractivity contribution in [2.24, 2.45) is 0 Å². The summed E-state index contributed by atoms with van der Waals surface area (Å²) in [7, 11) is 0. The van der Waals surface area contributed by atoms with Gasteiger partial charge in [0.2, 0.25) is 0 Å².